The van der Waals surface area contributed by atoms with Gasteiger partial charge < -0.3 is 30.5 Å². The van der Waals surface area contributed by atoms with Crippen LogP contribution in [-0.2, 0) is 9.47 Å². The van der Waals surface area contributed by atoms with Crippen LogP contribution in [-0.4, -0.2) is 63.4 Å². The number of allylic oxidation sites excluding steroid dienone is 1. The Balaban J connectivity index is 1.25. The van der Waals surface area contributed by atoms with Crippen LogP contribution >= 0.6 is 12.6 Å². The molecule has 3 saturated carbocycles. The summed E-state index contributed by atoms with van der Waals surface area (Å²) in [6.07, 6.45) is 15.8. The maximum Gasteiger partial charge on any atom is 0.129 e. The molecule has 1 saturated heterocycles. The van der Waals surface area contributed by atoms with E-state index < -0.39 is 35.9 Å². The Morgan fingerprint density at radius 3 is 2.41 bits per heavy atom. The van der Waals surface area contributed by atoms with Crippen molar-refractivity contribution in [1.29, 1.82) is 0 Å². The maximum atomic E-state index is 10.8. The fraction of sp³-hybridized carbons (Fsp3) is 0.949. The molecule has 1 aliphatic heterocycles. The number of aliphatic hydroxyl groups is 3. The van der Waals surface area contributed by atoms with Gasteiger partial charge in [0.05, 0.1) is 18.2 Å². The first-order valence-electron chi connectivity index (χ1n) is 19.3. The van der Waals surface area contributed by atoms with E-state index in [1.54, 1.807) is 5.57 Å². The molecule has 5 aliphatic rings. The third kappa shape index (κ3) is 7.32. The van der Waals surface area contributed by atoms with Gasteiger partial charge in [-0.15, -0.1) is 12.6 Å². The molecule has 46 heavy (non-hydrogen) atoms. The number of hydrogen-bond acceptors (Lipinski definition) is 7. The van der Waals surface area contributed by atoms with Crippen molar-refractivity contribution < 1.29 is 24.8 Å². The smallest absolute Gasteiger partial charge is 0.129 e. The Hall–Kier alpha value is -0.150. The molecule has 15 atom stereocenters. The van der Waals surface area contributed by atoms with Gasteiger partial charge in [0.1, 0.15) is 29.9 Å². The lowest BCUT2D eigenvalue weighted by atomic mass is 9.47. The Kier molecular flexibility index (Phi) is 12.4. The molecule has 5 rings (SSSR count). The summed E-state index contributed by atoms with van der Waals surface area (Å²) in [6.45, 7) is 14.7. The largest absolute Gasteiger partial charge is 0.388 e. The summed E-state index contributed by atoms with van der Waals surface area (Å²) in [6, 6.07) is -0.624. The van der Waals surface area contributed by atoms with E-state index in [9.17, 15) is 15.3 Å². The number of fused-ring (bicyclic) bond motifs is 5. The summed E-state index contributed by atoms with van der Waals surface area (Å²) >= 11 is 4.31. The summed E-state index contributed by atoms with van der Waals surface area (Å²) in [7, 11) is 0. The number of ether oxygens (including phenoxy) is 2. The monoisotopic (exact) mass is 663 g/mol. The van der Waals surface area contributed by atoms with Crippen LogP contribution in [0, 0.1) is 46.3 Å². The van der Waals surface area contributed by atoms with E-state index in [1.165, 1.54) is 51.4 Å². The molecule has 0 radical (unpaired) electrons. The summed E-state index contributed by atoms with van der Waals surface area (Å²) in [4.78, 5) is 0. The van der Waals surface area contributed by atoms with Crippen LogP contribution in [0.4, 0.5) is 0 Å². The first-order chi connectivity index (χ1) is 21.8. The van der Waals surface area contributed by atoms with Crippen molar-refractivity contribution in [3.8, 4) is 0 Å². The number of rotatable bonds is 13. The number of unbranched alkanes of at least 4 members (excludes halogenated alkanes) is 2. The Morgan fingerprint density at radius 2 is 1.70 bits per heavy atom. The normalized spacial score (nSPS) is 44.6. The second kappa shape index (κ2) is 15.4. The van der Waals surface area contributed by atoms with Crippen LogP contribution in [0.25, 0.3) is 0 Å². The van der Waals surface area contributed by atoms with E-state index in [1.807, 2.05) is 0 Å². The van der Waals surface area contributed by atoms with Crippen LogP contribution in [0.15, 0.2) is 11.6 Å². The zero-order chi connectivity index (χ0) is 33.4. The molecule has 0 aromatic rings. The van der Waals surface area contributed by atoms with Gasteiger partial charge in [-0.3, -0.25) is 0 Å². The predicted molar refractivity (Wildman–Crippen MR) is 189 cm³/mol. The lowest BCUT2D eigenvalue weighted by Gasteiger charge is -2.58. The SMILES string of the molecule is CCCCCC(OC1CC[C@@]2(C)C(=CC[C@H]3[C@@H]4CC[C@H]([C@H](C)CCCC(C)C)[C@@]4(C)CC[C@@H]32)C1)C(N)[C@H]1O[C@H](S)[C@H](O)[C@@H](O)[C@H]1O. The zero-order valence-electron chi connectivity index (χ0n) is 29.9. The van der Waals surface area contributed by atoms with E-state index in [0.717, 1.165) is 80.5 Å². The van der Waals surface area contributed by atoms with Gasteiger partial charge in [0.25, 0.3) is 0 Å². The molecule has 0 bridgehead atoms. The van der Waals surface area contributed by atoms with Gasteiger partial charge in [0.15, 0.2) is 0 Å². The van der Waals surface area contributed by atoms with Crippen molar-refractivity contribution in [2.24, 2.45) is 52.1 Å². The molecule has 0 aromatic heterocycles. The molecule has 6 nitrogen and oxygen atoms in total. The number of nitrogens with two attached hydrogens (primary N) is 1. The van der Waals surface area contributed by atoms with Gasteiger partial charge in [0, 0.05) is 0 Å². The Bertz CT molecular complexity index is 1020. The average molecular weight is 664 g/mol. The summed E-state index contributed by atoms with van der Waals surface area (Å²) in [5.74, 6) is 4.98. The molecule has 0 amide bonds. The Labute approximate surface area is 286 Å². The first-order valence-corrected chi connectivity index (χ1v) is 19.8. The molecule has 0 spiro atoms. The molecule has 7 heteroatoms. The standard InChI is InChI=1S/C39H69NO5S/c1-7-8-9-13-31(32(40)36-34(42)33(41)35(43)37(46)45-36)44-26-18-20-38(5)25(22-26)14-15-27-29-17-16-28(24(4)12-10-11-23(2)3)39(29,6)21-19-30(27)38/h14,23-24,26-37,41-43,46H,7-13,15-22,40H2,1-6H3/t24-,26?,27+,28-,29+,30+,31?,32?,33+,34-,35-,36-,37-,38+,39-/m1/s1. The fourth-order valence-electron chi connectivity index (χ4n) is 11.4. The summed E-state index contributed by atoms with van der Waals surface area (Å²) in [5.41, 5.74) is 8.25. The lowest BCUT2D eigenvalue weighted by molar-refractivity contribution is -0.212. The van der Waals surface area contributed by atoms with Crippen LogP contribution in [0.2, 0.25) is 0 Å². The average Bonchev–Trinajstić information content (AvgIpc) is 3.38. The third-order valence-corrected chi connectivity index (χ3v) is 14.6. The molecule has 1 heterocycles. The molecular weight excluding hydrogens is 594 g/mol. The van der Waals surface area contributed by atoms with Gasteiger partial charge >= 0.3 is 0 Å². The topological polar surface area (TPSA) is 105 Å². The third-order valence-electron chi connectivity index (χ3n) is 14.2. The highest BCUT2D eigenvalue weighted by molar-refractivity contribution is 7.80. The van der Waals surface area contributed by atoms with Crippen molar-refractivity contribution in [2.45, 2.75) is 186 Å². The van der Waals surface area contributed by atoms with Gasteiger partial charge in [0.2, 0.25) is 0 Å². The van der Waals surface area contributed by atoms with Crippen LogP contribution < -0.4 is 5.73 Å². The van der Waals surface area contributed by atoms with Crippen molar-refractivity contribution >= 4 is 12.6 Å². The molecule has 4 fully saturated rings. The van der Waals surface area contributed by atoms with Crippen molar-refractivity contribution in [3.63, 3.8) is 0 Å². The molecule has 266 valence electrons. The van der Waals surface area contributed by atoms with Gasteiger partial charge in [-0.25, -0.2) is 0 Å². The van der Waals surface area contributed by atoms with Crippen molar-refractivity contribution in [3.05, 3.63) is 11.6 Å². The van der Waals surface area contributed by atoms with Crippen LogP contribution in [0.3, 0.4) is 0 Å². The quantitative estimate of drug-likeness (QED) is 0.0798. The van der Waals surface area contributed by atoms with E-state index in [4.69, 9.17) is 15.2 Å². The number of aliphatic hydroxyl groups excluding tert-OH is 3. The first kappa shape index (κ1) is 37.1. The fourth-order valence-corrected chi connectivity index (χ4v) is 11.7. The molecule has 4 aliphatic carbocycles. The second-order valence-corrected chi connectivity index (χ2v) is 17.9. The van der Waals surface area contributed by atoms with Crippen molar-refractivity contribution in [1.82, 2.24) is 0 Å². The highest BCUT2D eigenvalue weighted by Gasteiger charge is 2.59. The van der Waals surface area contributed by atoms with E-state index in [2.05, 4.69) is 60.2 Å². The predicted octanol–water partition coefficient (Wildman–Crippen LogP) is 7.43. The van der Waals surface area contributed by atoms with Crippen LogP contribution in [0.1, 0.15) is 138 Å². The molecular formula is C39H69NO5S. The minimum atomic E-state index is -1.35. The minimum absolute atomic E-state index is 0.0907. The Morgan fingerprint density at radius 1 is 0.935 bits per heavy atom. The zero-order valence-corrected chi connectivity index (χ0v) is 30.8. The van der Waals surface area contributed by atoms with Gasteiger partial charge in [-0.1, -0.05) is 91.7 Å². The maximum absolute atomic E-state index is 10.8. The van der Waals surface area contributed by atoms with Gasteiger partial charge in [-0.2, -0.15) is 0 Å². The van der Waals surface area contributed by atoms with Crippen LogP contribution in [0.5, 0.6) is 0 Å². The van der Waals surface area contributed by atoms with E-state index in [0.29, 0.717) is 5.41 Å². The second-order valence-electron chi connectivity index (χ2n) is 17.4. The molecule has 5 N–H and O–H groups in total. The highest BCUT2D eigenvalue weighted by atomic mass is 32.1. The molecule has 3 unspecified atom stereocenters. The van der Waals surface area contributed by atoms with Gasteiger partial charge in [-0.05, 0) is 104 Å². The lowest BCUT2D eigenvalue weighted by Crippen LogP contribution is -2.63. The molecule has 0 aromatic carbocycles. The van der Waals surface area contributed by atoms with E-state index in [-0.39, 0.29) is 17.6 Å². The number of thiol groups is 1. The van der Waals surface area contributed by atoms with Crippen molar-refractivity contribution in [2.75, 3.05) is 0 Å². The number of hydrogen-bond donors (Lipinski definition) is 5. The summed E-state index contributed by atoms with van der Waals surface area (Å²) in [5, 5.41) is 31.4. The minimum Gasteiger partial charge on any atom is -0.388 e. The highest BCUT2D eigenvalue weighted by Crippen LogP contribution is 2.67. The van der Waals surface area contributed by atoms with E-state index >= 15 is 0 Å². The summed E-state index contributed by atoms with van der Waals surface area (Å²) < 4.78 is 12.7.